The van der Waals surface area contributed by atoms with Crippen LogP contribution in [0.3, 0.4) is 0 Å². The summed E-state index contributed by atoms with van der Waals surface area (Å²) in [6, 6.07) is 11.6. The van der Waals surface area contributed by atoms with Crippen molar-refractivity contribution >= 4 is 12.4 Å². The van der Waals surface area contributed by atoms with Crippen molar-refractivity contribution in [3.63, 3.8) is 0 Å². The molecule has 2 aromatic carbocycles. The lowest BCUT2D eigenvalue weighted by Crippen LogP contribution is -2.31. The summed E-state index contributed by atoms with van der Waals surface area (Å²) in [4.78, 5) is 9.87. The normalized spacial score (nSPS) is 17.2. The molecule has 0 saturated heterocycles. The molecule has 2 N–H and O–H groups in total. The number of nitrogens with zero attached hydrogens (tertiary/aromatic N) is 6. The van der Waals surface area contributed by atoms with E-state index < -0.39 is 0 Å². The van der Waals surface area contributed by atoms with Crippen LogP contribution in [0.15, 0.2) is 83.8 Å². The number of phenols is 2. The highest BCUT2D eigenvalue weighted by molar-refractivity contribution is 5.84. The second kappa shape index (κ2) is 15.5. The van der Waals surface area contributed by atoms with E-state index in [1.54, 1.807) is 12.1 Å². The molecule has 4 aromatic rings. The number of benzene rings is 2. The van der Waals surface area contributed by atoms with E-state index in [-0.39, 0.29) is 23.6 Å². The summed E-state index contributed by atoms with van der Waals surface area (Å²) >= 11 is 0. The van der Waals surface area contributed by atoms with Crippen molar-refractivity contribution in [1.29, 1.82) is 0 Å². The summed E-state index contributed by atoms with van der Waals surface area (Å²) in [7, 11) is 0. The van der Waals surface area contributed by atoms with Crippen molar-refractivity contribution in [1.82, 2.24) is 9.13 Å². The lowest BCUT2D eigenvalue weighted by molar-refractivity contribution is -0.688. The molecule has 0 spiro atoms. The van der Waals surface area contributed by atoms with Gasteiger partial charge in [0.15, 0.2) is 0 Å². The largest absolute Gasteiger partial charge is 0.507 e. The van der Waals surface area contributed by atoms with Crippen molar-refractivity contribution in [3.8, 4) is 11.5 Å². The van der Waals surface area contributed by atoms with Gasteiger partial charge in [0.2, 0.25) is 12.7 Å². The van der Waals surface area contributed by atoms with Crippen LogP contribution < -0.4 is 9.13 Å². The fraction of sp³-hybridized carbons (Fsp3) is 0.444. The number of aryl methyl sites for hydroxylation is 2. The number of aliphatic imine (C=N–C) groups is 2. The summed E-state index contributed by atoms with van der Waals surface area (Å²) < 4.78 is 8.78. The number of aromatic nitrogens is 4. The molecule has 2 heterocycles. The third-order valence-corrected chi connectivity index (χ3v) is 8.45. The second-order valence-electron chi connectivity index (χ2n) is 12.1. The van der Waals surface area contributed by atoms with E-state index in [1.807, 2.05) is 36.7 Å². The molecular weight excluding hydrogens is 548 g/mol. The van der Waals surface area contributed by atoms with Crippen LogP contribution in [0.4, 0.5) is 0 Å². The van der Waals surface area contributed by atoms with Crippen LogP contribution in [0.2, 0.25) is 0 Å². The SMILES string of the molecule is CCCCn1cc[n+](Cc2ccc(O)c(C=N[C@@H]3CCCC[C@H]3N=Cc3cc(C[n+]4ccn(CCCC)c4)ccc3O)c2)c1. The van der Waals surface area contributed by atoms with Gasteiger partial charge in [0.05, 0.1) is 25.2 Å². The molecule has 0 amide bonds. The molecule has 44 heavy (non-hydrogen) atoms. The Balaban J connectivity index is 1.24. The zero-order valence-corrected chi connectivity index (χ0v) is 26.3. The minimum Gasteiger partial charge on any atom is -0.507 e. The predicted octanol–water partition coefficient (Wildman–Crippen LogP) is 5.82. The average Bonchev–Trinajstić information content (AvgIpc) is 3.68. The van der Waals surface area contributed by atoms with Crippen molar-refractivity contribution in [3.05, 3.63) is 96.1 Å². The van der Waals surface area contributed by atoms with Gasteiger partial charge in [0, 0.05) is 23.6 Å². The smallest absolute Gasteiger partial charge is 0.244 e. The van der Waals surface area contributed by atoms with E-state index in [1.165, 1.54) is 25.7 Å². The molecule has 0 unspecified atom stereocenters. The van der Waals surface area contributed by atoms with E-state index in [0.717, 1.165) is 74.1 Å². The number of unbranched alkanes of at least 4 members (excludes halogenated alkanes) is 2. The summed E-state index contributed by atoms with van der Waals surface area (Å²) in [5.74, 6) is 0.471. The molecular formula is C36H48N6O2+2. The molecule has 1 aliphatic rings. The lowest BCUT2D eigenvalue weighted by Gasteiger charge is -2.25. The highest BCUT2D eigenvalue weighted by Crippen LogP contribution is 2.26. The van der Waals surface area contributed by atoms with Crippen molar-refractivity contribution < 1.29 is 19.3 Å². The summed E-state index contributed by atoms with van der Waals surface area (Å²) in [5, 5.41) is 21.2. The Morgan fingerprint density at radius 2 is 1.18 bits per heavy atom. The number of aromatic hydroxyl groups is 2. The van der Waals surface area contributed by atoms with Gasteiger partial charge in [0.1, 0.15) is 49.4 Å². The van der Waals surface area contributed by atoms with Crippen LogP contribution >= 0.6 is 0 Å². The third kappa shape index (κ3) is 8.68. The fourth-order valence-electron chi connectivity index (χ4n) is 5.84. The maximum absolute atomic E-state index is 10.6. The lowest BCUT2D eigenvalue weighted by atomic mass is 9.91. The predicted molar refractivity (Wildman–Crippen MR) is 175 cm³/mol. The number of phenolic OH excluding ortho intramolecular Hbond substituents is 2. The maximum Gasteiger partial charge on any atom is 0.244 e. The fourth-order valence-corrected chi connectivity index (χ4v) is 5.84. The Kier molecular flexibility index (Phi) is 11.0. The van der Waals surface area contributed by atoms with E-state index >= 15 is 0 Å². The van der Waals surface area contributed by atoms with Crippen LogP contribution in [0, 0.1) is 0 Å². The van der Waals surface area contributed by atoms with Gasteiger partial charge in [-0.3, -0.25) is 9.98 Å². The monoisotopic (exact) mass is 596 g/mol. The highest BCUT2D eigenvalue weighted by atomic mass is 16.3. The number of rotatable bonds is 14. The molecule has 2 aromatic heterocycles. The number of hydrogen-bond donors (Lipinski definition) is 2. The molecule has 1 saturated carbocycles. The maximum atomic E-state index is 10.6. The van der Waals surface area contributed by atoms with E-state index in [9.17, 15) is 10.2 Å². The molecule has 5 rings (SSSR count). The number of imidazole rings is 2. The standard InChI is InChI=1S/C36H46N6O2/c1-3-5-15-39-17-19-41(27-39)25-29-11-13-35(43)31(21-29)23-37-33-9-7-8-10-34(33)38-24-32-22-30(12-14-36(32)44)26-42-20-18-40(28-42)16-6-4-2/h11-14,17-24,27-28,33-34H,3-10,15-16,25-26H2,1-2H3/p+2/t33-,34-/m1/s1. The Morgan fingerprint density at radius 1 is 0.727 bits per heavy atom. The molecule has 2 atom stereocenters. The average molecular weight is 597 g/mol. The first kappa shape index (κ1) is 31.2. The van der Waals surface area contributed by atoms with Gasteiger partial charge in [-0.15, -0.1) is 0 Å². The van der Waals surface area contributed by atoms with Gasteiger partial charge in [-0.2, -0.15) is 0 Å². The summed E-state index contributed by atoms with van der Waals surface area (Å²) in [5.41, 5.74) is 3.69. The van der Waals surface area contributed by atoms with E-state index in [0.29, 0.717) is 0 Å². The van der Waals surface area contributed by atoms with Crippen LogP contribution in [0.5, 0.6) is 11.5 Å². The van der Waals surface area contributed by atoms with Gasteiger partial charge in [0.25, 0.3) is 0 Å². The van der Waals surface area contributed by atoms with Crippen LogP contribution in [-0.2, 0) is 26.2 Å². The van der Waals surface area contributed by atoms with Crippen LogP contribution in [0.25, 0.3) is 0 Å². The Hall–Kier alpha value is -4.20. The second-order valence-corrected chi connectivity index (χ2v) is 12.1. The quantitative estimate of drug-likeness (QED) is 0.142. The van der Waals surface area contributed by atoms with Gasteiger partial charge in [-0.1, -0.05) is 51.7 Å². The summed E-state index contributed by atoms with van der Waals surface area (Å²) in [6.07, 6.45) is 25.2. The van der Waals surface area contributed by atoms with Crippen molar-refractivity contribution in [2.24, 2.45) is 9.98 Å². The highest BCUT2D eigenvalue weighted by Gasteiger charge is 2.23. The minimum atomic E-state index is 0.0359. The molecule has 8 heteroatoms. The Labute approximate surface area is 261 Å². The topological polar surface area (TPSA) is 82.8 Å². The summed E-state index contributed by atoms with van der Waals surface area (Å²) in [6.45, 7) is 7.94. The number of hydrogen-bond acceptors (Lipinski definition) is 4. The van der Waals surface area contributed by atoms with E-state index in [4.69, 9.17) is 9.98 Å². The van der Waals surface area contributed by atoms with Gasteiger partial charge < -0.3 is 10.2 Å². The first-order valence-electron chi connectivity index (χ1n) is 16.3. The third-order valence-electron chi connectivity index (χ3n) is 8.45. The van der Waals surface area contributed by atoms with Crippen molar-refractivity contribution in [2.45, 2.75) is 103 Å². The molecule has 0 aliphatic heterocycles. The van der Waals surface area contributed by atoms with Gasteiger partial charge in [-0.25, -0.2) is 18.3 Å². The van der Waals surface area contributed by atoms with Crippen molar-refractivity contribution in [2.75, 3.05) is 0 Å². The molecule has 8 nitrogen and oxygen atoms in total. The van der Waals surface area contributed by atoms with E-state index in [2.05, 4.69) is 69.6 Å². The molecule has 1 aliphatic carbocycles. The zero-order valence-electron chi connectivity index (χ0n) is 26.3. The van der Waals surface area contributed by atoms with Crippen LogP contribution in [0.1, 0.15) is 87.5 Å². The van der Waals surface area contributed by atoms with Gasteiger partial charge in [-0.05, 0) is 61.1 Å². The Bertz CT molecular complexity index is 1440. The molecule has 1 fully saturated rings. The molecule has 0 bridgehead atoms. The first-order valence-corrected chi connectivity index (χ1v) is 16.3. The zero-order chi connectivity index (χ0) is 30.7. The van der Waals surface area contributed by atoms with Crippen LogP contribution in [-0.4, -0.2) is 43.9 Å². The Morgan fingerprint density at radius 3 is 1.61 bits per heavy atom. The molecule has 0 radical (unpaired) electrons. The van der Waals surface area contributed by atoms with Gasteiger partial charge >= 0.3 is 0 Å². The minimum absolute atomic E-state index is 0.0359. The first-order chi connectivity index (χ1) is 21.5. The molecule has 232 valence electrons.